The number of nitrogens with one attached hydrogen (secondary N) is 1. The van der Waals surface area contributed by atoms with E-state index in [1.807, 2.05) is 0 Å². The Kier molecular flexibility index (Phi) is 26.4. The van der Waals surface area contributed by atoms with Gasteiger partial charge < -0.3 is 0 Å². The van der Waals surface area contributed by atoms with Crippen molar-refractivity contribution in [2.24, 2.45) is 0 Å². The van der Waals surface area contributed by atoms with Crippen molar-refractivity contribution in [2.45, 2.75) is 226 Å². The van der Waals surface area contributed by atoms with E-state index in [0.717, 1.165) is 0 Å². The zero-order valence-corrected chi connectivity index (χ0v) is 28.3. The number of unbranched alkanes of at least 4 members (excludes halogenated alkanes) is 25. The minimum absolute atomic E-state index is 0.548. The molecule has 2 nitrogen and oxygen atoms in total. The van der Waals surface area contributed by atoms with Gasteiger partial charge in [-0.2, -0.15) is 0 Å². The molecule has 0 aliphatic heterocycles. The highest BCUT2D eigenvalue weighted by atomic mass is 15.1. The molecule has 0 spiro atoms. The predicted octanol–water partition coefficient (Wildman–Crippen LogP) is 13.3. The topological polar surface area (TPSA) is 19.7 Å². The largest absolute Gasteiger partial charge is 0.257 e. The van der Waals surface area contributed by atoms with E-state index in [1.165, 1.54) is 192 Å². The highest BCUT2D eigenvalue weighted by Gasteiger charge is 2.23. The first-order valence-electron chi connectivity index (χ1n) is 18.8. The van der Waals surface area contributed by atoms with Gasteiger partial charge in [0.15, 0.2) is 0 Å². The van der Waals surface area contributed by atoms with Crippen LogP contribution in [0.15, 0.2) is 12.4 Å². The molecule has 0 saturated heterocycles. The van der Waals surface area contributed by atoms with Crippen molar-refractivity contribution in [2.75, 3.05) is 0 Å². The number of aromatic nitrogens is 2. The van der Waals surface area contributed by atoms with E-state index >= 15 is 0 Å². The van der Waals surface area contributed by atoms with Crippen LogP contribution in [0, 0.1) is 0 Å². The van der Waals surface area contributed by atoms with E-state index < -0.39 is 0 Å². The van der Waals surface area contributed by atoms with Gasteiger partial charge in [0.2, 0.25) is 0 Å². The lowest BCUT2D eigenvalue weighted by molar-refractivity contribution is -0.723. The summed E-state index contributed by atoms with van der Waals surface area (Å²) in [6, 6.07) is 0.548. The summed E-state index contributed by atoms with van der Waals surface area (Å²) in [5.41, 5.74) is 0. The van der Waals surface area contributed by atoms with Crippen LogP contribution in [0.2, 0.25) is 0 Å². The fourth-order valence-corrected chi connectivity index (χ4v) is 6.55. The molecule has 2 heteroatoms. The second-order valence-corrected chi connectivity index (χ2v) is 13.5. The Morgan fingerprint density at radius 2 is 0.775 bits per heavy atom. The van der Waals surface area contributed by atoms with Gasteiger partial charge in [0.05, 0.1) is 12.0 Å². The maximum atomic E-state index is 3.65. The highest BCUT2D eigenvalue weighted by Crippen LogP contribution is 2.27. The van der Waals surface area contributed by atoms with E-state index in [1.54, 1.807) is 0 Å². The Bertz CT molecular complexity index is 619. The molecule has 1 atom stereocenters. The molecule has 0 bridgehead atoms. The number of nitrogens with zero attached hydrogens (tertiary/aromatic N) is 1. The molecule has 1 N–H and O–H groups in total. The molecule has 1 aromatic heterocycles. The van der Waals surface area contributed by atoms with Gasteiger partial charge in [-0.15, -0.1) is 0 Å². The molecule has 0 fully saturated rings. The highest BCUT2D eigenvalue weighted by molar-refractivity contribution is 4.90. The van der Waals surface area contributed by atoms with Crippen molar-refractivity contribution >= 4 is 0 Å². The summed E-state index contributed by atoms with van der Waals surface area (Å²) < 4.78 is 2.50. The van der Waals surface area contributed by atoms with Crippen LogP contribution in [-0.2, 0) is 0 Å². The number of rotatable bonds is 31. The molecule has 0 amide bonds. The number of hydrogen-bond donors (Lipinski definition) is 1. The summed E-state index contributed by atoms with van der Waals surface area (Å²) in [5, 5.41) is 0. The van der Waals surface area contributed by atoms with Crippen molar-refractivity contribution in [1.82, 2.24) is 4.98 Å². The molecule has 0 aromatic carbocycles. The van der Waals surface area contributed by atoms with Crippen LogP contribution in [0.4, 0.5) is 0 Å². The Morgan fingerprint density at radius 3 is 1.07 bits per heavy atom. The van der Waals surface area contributed by atoms with Crippen molar-refractivity contribution in [3.8, 4) is 0 Å². The minimum Gasteiger partial charge on any atom is -0.247 e. The molecule has 0 saturated carbocycles. The summed E-state index contributed by atoms with van der Waals surface area (Å²) in [6.07, 6.45) is 46.2. The van der Waals surface area contributed by atoms with E-state index in [-0.39, 0.29) is 0 Å². The van der Waals surface area contributed by atoms with Gasteiger partial charge in [-0.3, -0.25) is 0 Å². The van der Waals surface area contributed by atoms with Crippen LogP contribution < -0.4 is 4.57 Å². The standard InChI is InChI=1S/C38H74N2/c1-5-7-9-11-13-15-17-19-21-23-25-27-29-31-33-37(38-39-34-35-40(38)36(3)4)32-30-28-26-24-22-20-18-16-14-12-10-8-6-2/h34-37H,5-33H2,1-4H3/p+1/t37-/m0/s1. The second-order valence-electron chi connectivity index (χ2n) is 13.5. The van der Waals surface area contributed by atoms with Gasteiger partial charge in [0.1, 0.15) is 12.4 Å². The normalized spacial score (nSPS) is 12.5. The first kappa shape index (κ1) is 37.2. The van der Waals surface area contributed by atoms with Crippen LogP contribution in [0.1, 0.15) is 232 Å². The SMILES string of the molecule is CCCCCCCCCCCCCCCC[C@H](CCCCCCCCCCCCCCC)c1[nH]cc[n+]1C(C)C. The zero-order valence-electron chi connectivity index (χ0n) is 28.3. The first-order valence-corrected chi connectivity index (χ1v) is 18.8. The van der Waals surface area contributed by atoms with Crippen molar-refractivity contribution in [3.63, 3.8) is 0 Å². The van der Waals surface area contributed by atoms with E-state index in [0.29, 0.717) is 12.0 Å². The third-order valence-corrected chi connectivity index (χ3v) is 9.25. The second kappa shape index (κ2) is 28.3. The van der Waals surface area contributed by atoms with Gasteiger partial charge in [0.25, 0.3) is 5.82 Å². The maximum Gasteiger partial charge on any atom is 0.257 e. The first-order chi connectivity index (χ1) is 19.7. The molecular weight excluding hydrogens is 484 g/mol. The van der Waals surface area contributed by atoms with E-state index in [4.69, 9.17) is 0 Å². The molecule has 40 heavy (non-hydrogen) atoms. The van der Waals surface area contributed by atoms with Crippen molar-refractivity contribution in [1.29, 1.82) is 0 Å². The maximum absolute atomic E-state index is 3.65. The lowest BCUT2D eigenvalue weighted by Gasteiger charge is -2.15. The smallest absolute Gasteiger partial charge is 0.247 e. The summed E-state index contributed by atoms with van der Waals surface area (Å²) in [4.78, 5) is 3.65. The summed E-state index contributed by atoms with van der Waals surface area (Å²) in [5.74, 6) is 2.20. The summed E-state index contributed by atoms with van der Waals surface area (Å²) in [7, 11) is 0. The molecule has 1 aromatic rings. The fraction of sp³-hybridized carbons (Fsp3) is 0.921. The van der Waals surface area contributed by atoms with Crippen LogP contribution in [0.25, 0.3) is 0 Å². The average Bonchev–Trinajstić information content (AvgIpc) is 3.45. The van der Waals surface area contributed by atoms with E-state index in [2.05, 4.69) is 49.6 Å². The van der Waals surface area contributed by atoms with Crippen molar-refractivity contribution in [3.05, 3.63) is 18.2 Å². The van der Waals surface area contributed by atoms with Crippen LogP contribution in [0.5, 0.6) is 0 Å². The zero-order chi connectivity index (χ0) is 28.9. The molecule has 0 aliphatic rings. The molecule has 0 aliphatic carbocycles. The molecule has 0 unspecified atom stereocenters. The molecule has 236 valence electrons. The van der Waals surface area contributed by atoms with Gasteiger partial charge in [-0.05, 0) is 26.7 Å². The molecule has 0 radical (unpaired) electrons. The fourth-order valence-electron chi connectivity index (χ4n) is 6.55. The minimum atomic E-state index is 0.548. The third-order valence-electron chi connectivity index (χ3n) is 9.25. The van der Waals surface area contributed by atoms with Crippen molar-refractivity contribution < 1.29 is 4.57 Å². The van der Waals surface area contributed by atoms with Gasteiger partial charge >= 0.3 is 0 Å². The Balaban J connectivity index is 2.13. The van der Waals surface area contributed by atoms with Gasteiger partial charge in [0, 0.05) is 0 Å². The van der Waals surface area contributed by atoms with E-state index in [9.17, 15) is 0 Å². The van der Waals surface area contributed by atoms with Crippen LogP contribution in [-0.4, -0.2) is 4.98 Å². The van der Waals surface area contributed by atoms with Gasteiger partial charge in [-0.1, -0.05) is 187 Å². The number of imidazole rings is 1. The molecule has 1 heterocycles. The monoisotopic (exact) mass is 560 g/mol. The Morgan fingerprint density at radius 1 is 0.475 bits per heavy atom. The quantitative estimate of drug-likeness (QED) is 0.0689. The lowest BCUT2D eigenvalue weighted by Crippen LogP contribution is -2.39. The molecule has 1 rings (SSSR count). The number of aromatic amines is 1. The van der Waals surface area contributed by atoms with Crippen LogP contribution in [0.3, 0.4) is 0 Å². The Labute approximate surface area is 253 Å². The summed E-state index contributed by atoms with van der Waals surface area (Å²) >= 11 is 0. The average molecular weight is 560 g/mol. The summed E-state index contributed by atoms with van der Waals surface area (Å²) in [6.45, 7) is 9.27. The lowest BCUT2D eigenvalue weighted by atomic mass is 9.93. The number of hydrogen-bond acceptors (Lipinski definition) is 0. The Hall–Kier alpha value is -0.790. The third kappa shape index (κ3) is 21.0. The van der Waals surface area contributed by atoms with Gasteiger partial charge in [-0.25, -0.2) is 9.55 Å². The van der Waals surface area contributed by atoms with Crippen LogP contribution >= 0.6 is 0 Å². The predicted molar refractivity (Wildman–Crippen MR) is 179 cm³/mol. The molecular formula is C38H75N2+. The number of H-pyrrole nitrogens is 1.